The molecule has 4 heteroatoms. The Bertz CT molecular complexity index is 512. The summed E-state index contributed by atoms with van der Waals surface area (Å²) in [6, 6.07) is 2.61. The molecule has 2 heterocycles. The molecule has 0 saturated carbocycles. The van der Waals surface area contributed by atoms with Crippen molar-refractivity contribution in [3.05, 3.63) is 28.8 Å². The summed E-state index contributed by atoms with van der Waals surface area (Å²) in [7, 11) is 4.01. The second-order valence-corrected chi connectivity index (χ2v) is 5.14. The molecular formula is C12H15N3S. The van der Waals surface area contributed by atoms with Crippen LogP contribution < -0.4 is 5.32 Å². The van der Waals surface area contributed by atoms with E-state index in [9.17, 15) is 0 Å². The highest BCUT2D eigenvalue weighted by Crippen LogP contribution is 2.42. The van der Waals surface area contributed by atoms with Gasteiger partial charge in [-0.25, -0.2) is 0 Å². The first kappa shape index (κ1) is 10.1. The van der Waals surface area contributed by atoms with Crippen molar-refractivity contribution < 1.29 is 0 Å². The lowest BCUT2D eigenvalue weighted by atomic mass is 10.1. The van der Waals surface area contributed by atoms with Crippen LogP contribution in [0.2, 0.25) is 0 Å². The van der Waals surface area contributed by atoms with Crippen LogP contribution in [0.1, 0.15) is 23.6 Å². The van der Waals surface area contributed by atoms with Gasteiger partial charge in [0, 0.05) is 19.3 Å². The van der Waals surface area contributed by atoms with Crippen LogP contribution in [0.15, 0.2) is 17.6 Å². The van der Waals surface area contributed by atoms with Gasteiger partial charge in [0.05, 0.1) is 4.88 Å². The van der Waals surface area contributed by atoms with E-state index >= 15 is 0 Å². The Labute approximate surface area is 99.1 Å². The highest BCUT2D eigenvalue weighted by molar-refractivity contribution is 7.13. The number of hydrogen-bond donors (Lipinski definition) is 1. The standard InChI is InChI=1S/C12H15N3S/c1-13-9-4-3-8-7-16-12(11(8)9)10-5-6-15(2)14-10/h5-7,9,13H,3-4H2,1-2H3. The minimum absolute atomic E-state index is 0.512. The molecule has 0 amide bonds. The molecule has 16 heavy (non-hydrogen) atoms. The van der Waals surface area contributed by atoms with Crippen molar-refractivity contribution in [2.24, 2.45) is 7.05 Å². The fraction of sp³-hybridized carbons (Fsp3) is 0.417. The van der Waals surface area contributed by atoms with Crippen molar-refractivity contribution in [2.75, 3.05) is 7.05 Å². The molecular weight excluding hydrogens is 218 g/mol. The molecule has 1 N–H and O–H groups in total. The van der Waals surface area contributed by atoms with Crippen molar-refractivity contribution in [1.82, 2.24) is 15.1 Å². The smallest absolute Gasteiger partial charge is 0.103 e. The largest absolute Gasteiger partial charge is 0.313 e. The van der Waals surface area contributed by atoms with E-state index in [1.54, 1.807) is 0 Å². The lowest BCUT2D eigenvalue weighted by Crippen LogP contribution is -2.13. The summed E-state index contributed by atoms with van der Waals surface area (Å²) in [6.45, 7) is 0. The summed E-state index contributed by atoms with van der Waals surface area (Å²) < 4.78 is 1.87. The topological polar surface area (TPSA) is 29.9 Å². The van der Waals surface area contributed by atoms with Gasteiger partial charge >= 0.3 is 0 Å². The average molecular weight is 233 g/mol. The number of fused-ring (bicyclic) bond motifs is 1. The first-order valence-corrected chi connectivity index (χ1v) is 6.45. The Kier molecular flexibility index (Phi) is 2.33. The molecule has 0 aliphatic heterocycles. The van der Waals surface area contributed by atoms with Gasteiger partial charge in [0.1, 0.15) is 5.69 Å². The van der Waals surface area contributed by atoms with E-state index in [2.05, 4.69) is 21.9 Å². The van der Waals surface area contributed by atoms with Crippen LogP contribution in [0, 0.1) is 0 Å². The molecule has 0 spiro atoms. The van der Waals surface area contributed by atoms with Gasteiger partial charge in [0.2, 0.25) is 0 Å². The van der Waals surface area contributed by atoms with E-state index in [1.807, 2.05) is 36.3 Å². The number of rotatable bonds is 2. The van der Waals surface area contributed by atoms with E-state index in [0.717, 1.165) is 5.69 Å². The minimum atomic E-state index is 0.512. The third-order valence-corrected chi connectivity index (χ3v) is 4.32. The molecule has 0 bridgehead atoms. The second kappa shape index (κ2) is 3.71. The summed E-state index contributed by atoms with van der Waals surface area (Å²) >= 11 is 1.82. The molecule has 2 aromatic rings. The zero-order valence-corrected chi connectivity index (χ0v) is 10.3. The number of nitrogens with zero attached hydrogens (tertiary/aromatic N) is 2. The first-order valence-electron chi connectivity index (χ1n) is 5.57. The Morgan fingerprint density at radius 1 is 1.56 bits per heavy atom. The van der Waals surface area contributed by atoms with E-state index in [0.29, 0.717) is 6.04 Å². The van der Waals surface area contributed by atoms with Gasteiger partial charge in [0.25, 0.3) is 0 Å². The molecule has 0 radical (unpaired) electrons. The van der Waals surface area contributed by atoms with Gasteiger partial charge in [0.15, 0.2) is 0 Å². The van der Waals surface area contributed by atoms with Crippen LogP contribution in [0.25, 0.3) is 10.6 Å². The van der Waals surface area contributed by atoms with Crippen LogP contribution in [0.4, 0.5) is 0 Å². The average Bonchev–Trinajstić information content (AvgIpc) is 2.92. The molecule has 1 unspecified atom stereocenters. The van der Waals surface area contributed by atoms with E-state index < -0.39 is 0 Å². The number of aryl methyl sites for hydroxylation is 2. The van der Waals surface area contributed by atoms with Crippen LogP contribution in [0.5, 0.6) is 0 Å². The number of thiophene rings is 1. The predicted octanol–water partition coefficient (Wildman–Crippen LogP) is 2.36. The van der Waals surface area contributed by atoms with Gasteiger partial charge in [-0.15, -0.1) is 11.3 Å². The molecule has 1 aliphatic carbocycles. The normalized spacial score (nSPS) is 19.0. The molecule has 2 aromatic heterocycles. The summed E-state index contributed by atoms with van der Waals surface area (Å²) in [5.41, 5.74) is 4.09. The maximum Gasteiger partial charge on any atom is 0.103 e. The highest BCUT2D eigenvalue weighted by atomic mass is 32.1. The van der Waals surface area contributed by atoms with Crippen molar-refractivity contribution in [3.63, 3.8) is 0 Å². The quantitative estimate of drug-likeness (QED) is 0.863. The predicted molar refractivity (Wildman–Crippen MR) is 66.6 cm³/mol. The fourth-order valence-electron chi connectivity index (χ4n) is 2.45. The monoisotopic (exact) mass is 233 g/mol. The molecule has 3 rings (SSSR count). The lowest BCUT2D eigenvalue weighted by Gasteiger charge is -2.10. The van der Waals surface area contributed by atoms with E-state index in [4.69, 9.17) is 0 Å². The Hall–Kier alpha value is -1.13. The third kappa shape index (κ3) is 1.41. The maximum atomic E-state index is 4.50. The Morgan fingerprint density at radius 3 is 3.12 bits per heavy atom. The molecule has 0 saturated heterocycles. The molecule has 3 nitrogen and oxygen atoms in total. The molecule has 1 aliphatic rings. The van der Waals surface area contributed by atoms with Crippen LogP contribution in [0.3, 0.4) is 0 Å². The van der Waals surface area contributed by atoms with E-state index in [-0.39, 0.29) is 0 Å². The van der Waals surface area contributed by atoms with Crippen molar-refractivity contribution in [2.45, 2.75) is 18.9 Å². The van der Waals surface area contributed by atoms with Crippen molar-refractivity contribution in [1.29, 1.82) is 0 Å². The third-order valence-electron chi connectivity index (χ3n) is 3.26. The van der Waals surface area contributed by atoms with Crippen LogP contribution in [-0.2, 0) is 13.5 Å². The lowest BCUT2D eigenvalue weighted by molar-refractivity contribution is 0.591. The summed E-state index contributed by atoms with van der Waals surface area (Å²) in [5.74, 6) is 0. The second-order valence-electron chi connectivity index (χ2n) is 4.26. The van der Waals surface area contributed by atoms with Crippen LogP contribution in [-0.4, -0.2) is 16.8 Å². The van der Waals surface area contributed by atoms with Gasteiger partial charge in [-0.3, -0.25) is 4.68 Å². The molecule has 0 fully saturated rings. The minimum Gasteiger partial charge on any atom is -0.313 e. The summed E-state index contributed by atoms with van der Waals surface area (Å²) in [4.78, 5) is 1.34. The van der Waals surface area contributed by atoms with Gasteiger partial charge in [-0.2, -0.15) is 5.10 Å². The Balaban J connectivity index is 2.09. The SMILES string of the molecule is CNC1CCc2csc(-c3ccn(C)n3)c21. The van der Waals surface area contributed by atoms with Crippen molar-refractivity contribution >= 4 is 11.3 Å². The first-order chi connectivity index (χ1) is 7.79. The fourth-order valence-corrected chi connectivity index (χ4v) is 3.58. The molecule has 1 atom stereocenters. The van der Waals surface area contributed by atoms with Crippen molar-refractivity contribution in [3.8, 4) is 10.6 Å². The van der Waals surface area contributed by atoms with Crippen LogP contribution >= 0.6 is 11.3 Å². The highest BCUT2D eigenvalue weighted by Gasteiger charge is 2.27. The zero-order valence-electron chi connectivity index (χ0n) is 9.53. The summed E-state index contributed by atoms with van der Waals surface area (Å²) in [5, 5.41) is 10.2. The molecule has 84 valence electrons. The number of aromatic nitrogens is 2. The Morgan fingerprint density at radius 2 is 2.44 bits per heavy atom. The number of hydrogen-bond acceptors (Lipinski definition) is 3. The maximum absolute atomic E-state index is 4.50. The van der Waals surface area contributed by atoms with E-state index in [1.165, 1.54) is 28.8 Å². The number of nitrogens with one attached hydrogen (secondary N) is 1. The van der Waals surface area contributed by atoms with Gasteiger partial charge < -0.3 is 5.32 Å². The van der Waals surface area contributed by atoms with Gasteiger partial charge in [-0.1, -0.05) is 0 Å². The zero-order chi connectivity index (χ0) is 11.1. The summed E-state index contributed by atoms with van der Waals surface area (Å²) in [6.07, 6.45) is 4.42. The molecule has 0 aromatic carbocycles. The van der Waals surface area contributed by atoms with Gasteiger partial charge in [-0.05, 0) is 42.5 Å².